The van der Waals surface area contributed by atoms with Gasteiger partial charge in [0.15, 0.2) is 5.82 Å². The first-order valence-corrected chi connectivity index (χ1v) is 6.75. The molecule has 1 aromatic carbocycles. The largest absolute Gasteiger partial charge is 0.485 e. The van der Waals surface area contributed by atoms with Gasteiger partial charge in [-0.1, -0.05) is 28.9 Å². The Morgan fingerprint density at radius 1 is 1.39 bits per heavy atom. The molecular weight excluding hydrogens is 294 g/mol. The zero-order chi connectivity index (χ0) is 13.0. The van der Waals surface area contributed by atoms with E-state index in [4.69, 9.17) is 4.74 Å². The van der Waals surface area contributed by atoms with Gasteiger partial charge in [0.1, 0.15) is 18.7 Å². The van der Waals surface area contributed by atoms with Crippen molar-refractivity contribution in [1.29, 1.82) is 0 Å². The molecule has 0 saturated carbocycles. The number of benzene rings is 1. The average molecular weight is 310 g/mol. The van der Waals surface area contributed by atoms with Gasteiger partial charge >= 0.3 is 0 Å². The highest BCUT2D eigenvalue weighted by molar-refractivity contribution is 9.10. The van der Waals surface area contributed by atoms with Crippen molar-refractivity contribution in [2.45, 2.75) is 33.4 Å². The van der Waals surface area contributed by atoms with Gasteiger partial charge in [0.25, 0.3) is 0 Å². The molecule has 0 fully saturated rings. The summed E-state index contributed by atoms with van der Waals surface area (Å²) in [5.74, 6) is 1.73. The highest BCUT2D eigenvalue weighted by atomic mass is 79.9. The van der Waals surface area contributed by atoms with Crippen LogP contribution in [0.4, 0.5) is 0 Å². The molecule has 0 aliphatic heterocycles. The maximum absolute atomic E-state index is 5.80. The Labute approximate surface area is 115 Å². The lowest BCUT2D eigenvalue weighted by Gasteiger charge is -2.10. The molecular formula is C13H16BrN3O. The van der Waals surface area contributed by atoms with Gasteiger partial charge in [0, 0.05) is 11.0 Å². The molecule has 18 heavy (non-hydrogen) atoms. The summed E-state index contributed by atoms with van der Waals surface area (Å²) in [5.41, 5.74) is 1.11. The Balaban J connectivity index is 2.06. The fourth-order valence-electron chi connectivity index (χ4n) is 1.67. The van der Waals surface area contributed by atoms with Crippen molar-refractivity contribution >= 4 is 15.9 Å². The van der Waals surface area contributed by atoms with Crippen LogP contribution in [0.25, 0.3) is 0 Å². The zero-order valence-corrected chi connectivity index (χ0v) is 12.1. The third-order valence-corrected chi connectivity index (χ3v) is 3.13. The van der Waals surface area contributed by atoms with E-state index in [2.05, 4.69) is 32.9 Å². The Bertz CT molecular complexity index is 525. The smallest absolute Gasteiger partial charge is 0.164 e. The summed E-state index contributed by atoms with van der Waals surface area (Å²) in [5, 5.41) is 4.17. The molecule has 0 amide bonds. The van der Waals surface area contributed by atoms with Crippen molar-refractivity contribution in [1.82, 2.24) is 14.8 Å². The normalized spacial score (nSPS) is 10.6. The Morgan fingerprint density at radius 3 is 3.00 bits per heavy atom. The molecule has 2 aromatic rings. The monoisotopic (exact) mass is 309 g/mol. The van der Waals surface area contributed by atoms with Crippen molar-refractivity contribution < 1.29 is 4.74 Å². The molecule has 0 unspecified atom stereocenters. The first-order chi connectivity index (χ1) is 8.70. The molecule has 1 heterocycles. The number of aromatic nitrogens is 3. The molecule has 5 heteroatoms. The van der Waals surface area contributed by atoms with E-state index in [1.807, 2.05) is 29.8 Å². The molecule has 0 bridgehead atoms. The summed E-state index contributed by atoms with van der Waals surface area (Å²) in [6, 6.07) is 5.99. The van der Waals surface area contributed by atoms with E-state index >= 15 is 0 Å². The molecule has 0 saturated heterocycles. The standard InChI is InChI=1S/C13H16BrN3O/c1-3-6-17-13(15-9-16-17)8-18-12-7-11(14)5-4-10(12)2/h4-5,7,9H,3,6,8H2,1-2H3. The number of aryl methyl sites for hydroxylation is 2. The van der Waals surface area contributed by atoms with Crippen LogP contribution >= 0.6 is 15.9 Å². The summed E-state index contributed by atoms with van der Waals surface area (Å²) < 4.78 is 8.69. The maximum Gasteiger partial charge on any atom is 0.164 e. The van der Waals surface area contributed by atoms with Gasteiger partial charge < -0.3 is 4.74 Å². The third kappa shape index (κ3) is 3.10. The van der Waals surface area contributed by atoms with Gasteiger partial charge in [-0.15, -0.1) is 0 Å². The topological polar surface area (TPSA) is 39.9 Å². The molecule has 0 atom stereocenters. The molecule has 0 aliphatic carbocycles. The highest BCUT2D eigenvalue weighted by Gasteiger charge is 2.06. The van der Waals surface area contributed by atoms with Crippen molar-refractivity contribution in [2.24, 2.45) is 0 Å². The lowest BCUT2D eigenvalue weighted by atomic mass is 10.2. The molecule has 2 rings (SSSR count). The Hall–Kier alpha value is -1.36. The molecule has 0 radical (unpaired) electrons. The second-order valence-electron chi connectivity index (χ2n) is 4.10. The van der Waals surface area contributed by atoms with Crippen LogP contribution in [0, 0.1) is 6.92 Å². The molecule has 1 aromatic heterocycles. The summed E-state index contributed by atoms with van der Waals surface area (Å²) in [7, 11) is 0. The lowest BCUT2D eigenvalue weighted by molar-refractivity contribution is 0.284. The second kappa shape index (κ2) is 6.00. The predicted octanol–water partition coefficient (Wildman–Crippen LogP) is 3.34. The van der Waals surface area contributed by atoms with Crippen molar-refractivity contribution in [3.8, 4) is 5.75 Å². The van der Waals surface area contributed by atoms with E-state index in [-0.39, 0.29) is 0 Å². The Kier molecular flexibility index (Phi) is 4.36. The summed E-state index contributed by atoms with van der Waals surface area (Å²) >= 11 is 3.44. The number of rotatable bonds is 5. The van der Waals surface area contributed by atoms with Crippen LogP contribution in [-0.4, -0.2) is 14.8 Å². The molecule has 0 aliphatic rings. The van der Waals surface area contributed by atoms with E-state index in [0.717, 1.165) is 34.6 Å². The van der Waals surface area contributed by atoms with Crippen LogP contribution in [0.5, 0.6) is 5.75 Å². The first kappa shape index (κ1) is 13.1. The third-order valence-electron chi connectivity index (χ3n) is 2.64. The average Bonchev–Trinajstić information content (AvgIpc) is 2.78. The SMILES string of the molecule is CCCn1ncnc1COc1cc(Br)ccc1C. The van der Waals surface area contributed by atoms with Crippen LogP contribution in [0.1, 0.15) is 24.7 Å². The maximum atomic E-state index is 5.80. The number of halogens is 1. The van der Waals surface area contributed by atoms with Gasteiger partial charge in [-0.05, 0) is 31.0 Å². The molecule has 96 valence electrons. The van der Waals surface area contributed by atoms with E-state index in [0.29, 0.717) is 6.61 Å². The fraction of sp³-hybridized carbons (Fsp3) is 0.385. The van der Waals surface area contributed by atoms with Crippen molar-refractivity contribution in [3.63, 3.8) is 0 Å². The van der Waals surface area contributed by atoms with Crippen molar-refractivity contribution in [2.75, 3.05) is 0 Å². The minimum absolute atomic E-state index is 0.442. The summed E-state index contributed by atoms with van der Waals surface area (Å²) in [6.45, 7) is 5.46. The highest BCUT2D eigenvalue weighted by Crippen LogP contribution is 2.23. The van der Waals surface area contributed by atoms with Crippen LogP contribution in [0.15, 0.2) is 29.0 Å². The molecule has 0 spiro atoms. The summed E-state index contributed by atoms with van der Waals surface area (Å²) in [4.78, 5) is 4.22. The number of nitrogens with zero attached hydrogens (tertiary/aromatic N) is 3. The van der Waals surface area contributed by atoms with Crippen LogP contribution in [-0.2, 0) is 13.2 Å². The van der Waals surface area contributed by atoms with Crippen LogP contribution in [0.2, 0.25) is 0 Å². The van der Waals surface area contributed by atoms with E-state index < -0.39 is 0 Å². The van der Waals surface area contributed by atoms with Gasteiger partial charge in [0.2, 0.25) is 0 Å². The molecule has 0 N–H and O–H groups in total. The Morgan fingerprint density at radius 2 is 2.22 bits per heavy atom. The van der Waals surface area contributed by atoms with Crippen LogP contribution in [0.3, 0.4) is 0 Å². The molecule has 4 nitrogen and oxygen atoms in total. The number of hydrogen-bond acceptors (Lipinski definition) is 3. The minimum Gasteiger partial charge on any atom is -0.485 e. The van der Waals surface area contributed by atoms with E-state index in [1.54, 1.807) is 6.33 Å². The predicted molar refractivity (Wildman–Crippen MR) is 73.5 cm³/mol. The zero-order valence-electron chi connectivity index (χ0n) is 10.6. The van der Waals surface area contributed by atoms with Gasteiger partial charge in [0.05, 0.1) is 0 Å². The number of hydrogen-bond donors (Lipinski definition) is 0. The fourth-order valence-corrected chi connectivity index (χ4v) is 2.01. The lowest BCUT2D eigenvalue weighted by Crippen LogP contribution is -2.08. The van der Waals surface area contributed by atoms with Crippen molar-refractivity contribution in [3.05, 3.63) is 40.4 Å². The van der Waals surface area contributed by atoms with Gasteiger partial charge in [-0.25, -0.2) is 9.67 Å². The second-order valence-corrected chi connectivity index (χ2v) is 5.01. The minimum atomic E-state index is 0.442. The first-order valence-electron chi connectivity index (χ1n) is 5.96. The summed E-state index contributed by atoms with van der Waals surface area (Å²) in [6.07, 6.45) is 2.61. The van der Waals surface area contributed by atoms with E-state index in [9.17, 15) is 0 Å². The number of ether oxygens (including phenoxy) is 1. The quantitative estimate of drug-likeness (QED) is 0.850. The van der Waals surface area contributed by atoms with Gasteiger partial charge in [-0.3, -0.25) is 0 Å². The van der Waals surface area contributed by atoms with E-state index in [1.165, 1.54) is 0 Å². The van der Waals surface area contributed by atoms with Crippen LogP contribution < -0.4 is 4.74 Å². The van der Waals surface area contributed by atoms with Gasteiger partial charge in [-0.2, -0.15) is 5.10 Å².